The SMILES string of the molecule is O=C(O)[N+]1(C2CN3CCC2CC3)CCc2ccccc2C1c1ccccc1. The van der Waals surface area contributed by atoms with E-state index in [2.05, 4.69) is 41.3 Å². The second-order valence-corrected chi connectivity index (χ2v) is 8.40. The van der Waals surface area contributed by atoms with Crippen LogP contribution < -0.4 is 0 Å². The van der Waals surface area contributed by atoms with Gasteiger partial charge in [0.1, 0.15) is 6.04 Å². The first-order valence-electron chi connectivity index (χ1n) is 10.2. The van der Waals surface area contributed by atoms with Crippen LogP contribution in [0.2, 0.25) is 0 Å². The molecule has 1 N–H and O–H groups in total. The molecule has 2 aromatic rings. The van der Waals surface area contributed by atoms with Gasteiger partial charge in [-0.1, -0.05) is 54.6 Å². The van der Waals surface area contributed by atoms with E-state index in [1.807, 2.05) is 18.2 Å². The molecule has 4 heteroatoms. The molecule has 0 saturated carbocycles. The molecule has 3 unspecified atom stereocenters. The third kappa shape index (κ3) is 2.54. The van der Waals surface area contributed by atoms with Crippen LogP contribution in [0.25, 0.3) is 0 Å². The molecule has 27 heavy (non-hydrogen) atoms. The summed E-state index contributed by atoms with van der Waals surface area (Å²) in [4.78, 5) is 15.5. The summed E-state index contributed by atoms with van der Waals surface area (Å²) in [7, 11) is 0. The van der Waals surface area contributed by atoms with Crippen molar-refractivity contribution in [2.24, 2.45) is 5.92 Å². The molecule has 6 rings (SSSR count). The van der Waals surface area contributed by atoms with Gasteiger partial charge in [-0.05, 0) is 31.5 Å². The quantitative estimate of drug-likeness (QED) is 0.822. The van der Waals surface area contributed by atoms with Crippen molar-refractivity contribution in [2.45, 2.75) is 31.3 Å². The van der Waals surface area contributed by atoms with E-state index >= 15 is 0 Å². The fraction of sp³-hybridized carbons (Fsp3) is 0.435. The third-order valence-corrected chi connectivity index (χ3v) is 7.25. The van der Waals surface area contributed by atoms with Gasteiger partial charge >= 0.3 is 6.09 Å². The number of piperidine rings is 3. The van der Waals surface area contributed by atoms with Crippen molar-refractivity contribution in [1.82, 2.24) is 4.90 Å². The van der Waals surface area contributed by atoms with Gasteiger partial charge in [0.15, 0.2) is 6.04 Å². The molecule has 3 fully saturated rings. The van der Waals surface area contributed by atoms with Crippen LogP contribution in [0.5, 0.6) is 0 Å². The number of amides is 1. The molecule has 140 valence electrons. The van der Waals surface area contributed by atoms with Gasteiger partial charge in [0.2, 0.25) is 0 Å². The van der Waals surface area contributed by atoms with Crippen molar-refractivity contribution in [3.05, 3.63) is 71.3 Å². The van der Waals surface area contributed by atoms with E-state index in [1.54, 1.807) is 0 Å². The zero-order chi connectivity index (χ0) is 18.4. The highest BCUT2D eigenvalue weighted by molar-refractivity contribution is 5.59. The van der Waals surface area contributed by atoms with Gasteiger partial charge in [-0.2, -0.15) is 4.79 Å². The summed E-state index contributed by atoms with van der Waals surface area (Å²) in [5.41, 5.74) is 3.64. The van der Waals surface area contributed by atoms with Crippen molar-refractivity contribution in [1.29, 1.82) is 0 Å². The Morgan fingerprint density at radius 1 is 1.00 bits per heavy atom. The molecule has 2 aromatic carbocycles. The highest BCUT2D eigenvalue weighted by Crippen LogP contribution is 2.47. The van der Waals surface area contributed by atoms with Gasteiger partial charge in [-0.3, -0.25) is 4.90 Å². The van der Waals surface area contributed by atoms with Gasteiger partial charge < -0.3 is 5.11 Å². The number of quaternary nitrogens is 1. The largest absolute Gasteiger partial charge is 0.514 e. The van der Waals surface area contributed by atoms with Gasteiger partial charge in [-0.25, -0.2) is 4.48 Å². The number of carbonyl (C=O) groups is 1. The molecule has 0 spiro atoms. The predicted molar refractivity (Wildman–Crippen MR) is 105 cm³/mol. The standard InChI is InChI=1S/C23H26N2O2/c26-23(27)25(21-16-24-13-10-18(21)11-14-24)15-12-17-6-4-5-9-20(17)22(25)19-7-2-1-3-8-19/h1-9,18,21-22H,10-16H2/p+1. The van der Waals surface area contributed by atoms with Crippen molar-refractivity contribution >= 4 is 6.09 Å². The maximum absolute atomic E-state index is 13.0. The minimum atomic E-state index is -0.655. The average molecular weight is 363 g/mol. The zero-order valence-corrected chi connectivity index (χ0v) is 15.6. The lowest BCUT2D eigenvalue weighted by Gasteiger charge is -2.55. The van der Waals surface area contributed by atoms with E-state index in [0.29, 0.717) is 12.5 Å². The fourth-order valence-electron chi connectivity index (χ4n) is 5.95. The van der Waals surface area contributed by atoms with Crippen molar-refractivity contribution in [2.75, 3.05) is 26.2 Å². The normalized spacial score (nSPS) is 34.8. The van der Waals surface area contributed by atoms with Crippen LogP contribution in [0.3, 0.4) is 0 Å². The maximum atomic E-state index is 13.0. The Balaban J connectivity index is 1.70. The molecule has 3 saturated heterocycles. The summed E-state index contributed by atoms with van der Waals surface area (Å²) in [6.07, 6.45) is 2.47. The summed E-state index contributed by atoms with van der Waals surface area (Å²) in [6, 6.07) is 18.8. The lowest BCUT2D eigenvalue weighted by atomic mass is 9.77. The molecule has 3 atom stereocenters. The summed E-state index contributed by atoms with van der Waals surface area (Å²) in [5, 5.41) is 10.7. The number of hydrogen-bond donors (Lipinski definition) is 1. The minimum absolute atomic E-state index is 0.126. The van der Waals surface area contributed by atoms with Crippen LogP contribution >= 0.6 is 0 Å². The van der Waals surface area contributed by atoms with Gasteiger partial charge in [0.05, 0.1) is 13.1 Å². The summed E-state index contributed by atoms with van der Waals surface area (Å²) < 4.78 is 0.169. The Morgan fingerprint density at radius 3 is 2.37 bits per heavy atom. The van der Waals surface area contributed by atoms with Crippen LogP contribution in [-0.4, -0.2) is 52.8 Å². The first-order chi connectivity index (χ1) is 13.2. The molecule has 0 aromatic heterocycles. The van der Waals surface area contributed by atoms with E-state index in [1.165, 1.54) is 11.1 Å². The first-order valence-corrected chi connectivity index (χ1v) is 10.2. The molecule has 4 heterocycles. The number of hydrogen-bond acceptors (Lipinski definition) is 2. The highest BCUT2D eigenvalue weighted by Gasteiger charge is 2.58. The average Bonchev–Trinajstić information content (AvgIpc) is 2.74. The lowest BCUT2D eigenvalue weighted by Crippen LogP contribution is -2.71. The van der Waals surface area contributed by atoms with E-state index in [0.717, 1.165) is 44.5 Å². The second-order valence-electron chi connectivity index (χ2n) is 8.40. The number of benzene rings is 2. The molecule has 0 radical (unpaired) electrons. The topological polar surface area (TPSA) is 40.5 Å². The highest BCUT2D eigenvalue weighted by atomic mass is 16.4. The van der Waals surface area contributed by atoms with Crippen molar-refractivity contribution in [3.8, 4) is 0 Å². The molecule has 4 nitrogen and oxygen atoms in total. The van der Waals surface area contributed by atoms with E-state index < -0.39 is 6.09 Å². The Kier molecular flexibility index (Phi) is 4.06. The molecule has 0 aliphatic carbocycles. The predicted octanol–water partition coefficient (Wildman–Crippen LogP) is 3.92. The van der Waals surface area contributed by atoms with Gasteiger partial charge in [-0.15, -0.1) is 0 Å². The molecule has 4 aliphatic rings. The van der Waals surface area contributed by atoms with Crippen LogP contribution in [0.1, 0.15) is 35.6 Å². The molecule has 2 bridgehead atoms. The Hall–Kier alpha value is -2.17. The first kappa shape index (κ1) is 17.0. The lowest BCUT2D eigenvalue weighted by molar-refractivity contribution is -0.914. The smallest absolute Gasteiger partial charge is 0.435 e. The Morgan fingerprint density at radius 2 is 1.70 bits per heavy atom. The Labute approximate surface area is 160 Å². The minimum Gasteiger partial charge on any atom is -0.435 e. The zero-order valence-electron chi connectivity index (χ0n) is 15.6. The number of nitrogens with zero attached hydrogens (tertiary/aromatic N) is 2. The number of fused-ring (bicyclic) bond motifs is 4. The Bertz CT molecular complexity index is 844. The van der Waals surface area contributed by atoms with Gasteiger partial charge in [0, 0.05) is 23.5 Å². The fourth-order valence-corrected chi connectivity index (χ4v) is 5.95. The molecular weight excluding hydrogens is 336 g/mol. The number of rotatable bonds is 2. The van der Waals surface area contributed by atoms with Crippen LogP contribution in [0.15, 0.2) is 54.6 Å². The third-order valence-electron chi connectivity index (χ3n) is 7.25. The van der Waals surface area contributed by atoms with Crippen LogP contribution in [0, 0.1) is 5.92 Å². The maximum Gasteiger partial charge on any atom is 0.514 e. The van der Waals surface area contributed by atoms with Crippen molar-refractivity contribution in [3.63, 3.8) is 0 Å². The summed E-state index contributed by atoms with van der Waals surface area (Å²) in [5.74, 6) is 0.516. The van der Waals surface area contributed by atoms with Gasteiger partial charge in [0.25, 0.3) is 0 Å². The van der Waals surface area contributed by atoms with E-state index in [4.69, 9.17) is 0 Å². The number of carboxylic acid groups (broad SMARTS) is 1. The molecule has 4 aliphatic heterocycles. The van der Waals surface area contributed by atoms with Crippen LogP contribution in [-0.2, 0) is 6.42 Å². The summed E-state index contributed by atoms with van der Waals surface area (Å²) in [6.45, 7) is 3.87. The second kappa shape index (κ2) is 6.47. The van der Waals surface area contributed by atoms with Crippen molar-refractivity contribution < 1.29 is 14.4 Å². The van der Waals surface area contributed by atoms with E-state index in [9.17, 15) is 9.90 Å². The molecular formula is C23H27N2O2+. The summed E-state index contributed by atoms with van der Waals surface area (Å²) >= 11 is 0. The monoisotopic (exact) mass is 363 g/mol. The molecule has 1 amide bonds. The van der Waals surface area contributed by atoms with Crippen LogP contribution in [0.4, 0.5) is 4.79 Å². The van der Waals surface area contributed by atoms with E-state index in [-0.39, 0.29) is 16.6 Å².